The van der Waals surface area contributed by atoms with E-state index in [2.05, 4.69) is 15.0 Å². The smallest absolute Gasteiger partial charge is 0.405 e. The SMILES string of the molecule is Cc1ccc(NC(=O)c2ccc(CN(C)C)cn2)cc1OC(F)(F)F. The zero-order valence-electron chi connectivity index (χ0n) is 14.0. The van der Waals surface area contributed by atoms with Gasteiger partial charge in [0, 0.05) is 24.5 Å². The second-order valence-corrected chi connectivity index (χ2v) is 5.77. The maximum Gasteiger partial charge on any atom is 0.573 e. The van der Waals surface area contributed by atoms with Crippen molar-refractivity contribution >= 4 is 11.6 Å². The summed E-state index contributed by atoms with van der Waals surface area (Å²) in [6.45, 7) is 2.17. The standard InChI is InChI=1S/C17H18F3N3O2/c1-11-4-6-13(8-15(11)25-17(18,19)20)22-16(24)14-7-5-12(9-21-14)10-23(2)3/h4-9H,10H2,1-3H3,(H,22,24). The van der Waals surface area contributed by atoms with Crippen LogP contribution < -0.4 is 10.1 Å². The van der Waals surface area contributed by atoms with Crippen LogP contribution in [0.4, 0.5) is 18.9 Å². The molecule has 1 amide bonds. The largest absolute Gasteiger partial charge is 0.573 e. The molecule has 0 fully saturated rings. The molecule has 134 valence electrons. The minimum absolute atomic E-state index is 0.168. The number of amides is 1. The Balaban J connectivity index is 2.11. The van der Waals surface area contributed by atoms with E-state index in [-0.39, 0.29) is 17.1 Å². The summed E-state index contributed by atoms with van der Waals surface area (Å²) in [7, 11) is 3.83. The highest BCUT2D eigenvalue weighted by Gasteiger charge is 2.31. The molecule has 0 saturated carbocycles. The molecule has 0 aliphatic carbocycles. The lowest BCUT2D eigenvalue weighted by atomic mass is 10.2. The molecule has 0 unspecified atom stereocenters. The second kappa shape index (κ2) is 7.52. The molecule has 0 spiro atoms. The third-order valence-corrected chi connectivity index (χ3v) is 3.23. The van der Waals surface area contributed by atoms with Crippen molar-refractivity contribution in [3.05, 3.63) is 53.3 Å². The average molecular weight is 353 g/mol. The molecule has 1 heterocycles. The summed E-state index contributed by atoms with van der Waals surface area (Å²) in [5.41, 5.74) is 1.61. The normalized spacial score (nSPS) is 11.5. The fourth-order valence-corrected chi connectivity index (χ4v) is 2.13. The number of aromatic nitrogens is 1. The molecule has 1 aromatic heterocycles. The van der Waals surface area contributed by atoms with Crippen molar-refractivity contribution in [1.82, 2.24) is 9.88 Å². The topological polar surface area (TPSA) is 54.5 Å². The molecule has 0 aliphatic rings. The van der Waals surface area contributed by atoms with Crippen molar-refractivity contribution in [3.8, 4) is 5.75 Å². The van der Waals surface area contributed by atoms with Crippen LogP contribution in [0.15, 0.2) is 36.5 Å². The van der Waals surface area contributed by atoms with E-state index < -0.39 is 12.3 Å². The van der Waals surface area contributed by atoms with Gasteiger partial charge < -0.3 is 15.0 Å². The molecule has 25 heavy (non-hydrogen) atoms. The zero-order chi connectivity index (χ0) is 18.6. The fourth-order valence-electron chi connectivity index (χ4n) is 2.13. The third kappa shape index (κ3) is 5.75. The van der Waals surface area contributed by atoms with Gasteiger partial charge in [-0.2, -0.15) is 0 Å². The number of hydrogen-bond acceptors (Lipinski definition) is 4. The number of alkyl halides is 3. The highest BCUT2D eigenvalue weighted by molar-refractivity contribution is 6.02. The molecule has 2 rings (SSSR count). The molecule has 1 N–H and O–H groups in total. The quantitative estimate of drug-likeness (QED) is 0.892. The van der Waals surface area contributed by atoms with E-state index >= 15 is 0 Å². The van der Waals surface area contributed by atoms with Crippen molar-refractivity contribution in [2.75, 3.05) is 19.4 Å². The Kier molecular flexibility index (Phi) is 5.63. The van der Waals surface area contributed by atoms with Crippen molar-refractivity contribution in [2.45, 2.75) is 19.8 Å². The van der Waals surface area contributed by atoms with Crippen LogP contribution in [0.3, 0.4) is 0 Å². The van der Waals surface area contributed by atoms with Gasteiger partial charge in [-0.25, -0.2) is 0 Å². The number of nitrogens with one attached hydrogen (secondary N) is 1. The Morgan fingerprint density at radius 1 is 1.24 bits per heavy atom. The van der Waals surface area contributed by atoms with Gasteiger partial charge in [0.15, 0.2) is 0 Å². The van der Waals surface area contributed by atoms with Gasteiger partial charge in [-0.15, -0.1) is 13.2 Å². The van der Waals surface area contributed by atoms with E-state index in [9.17, 15) is 18.0 Å². The molecule has 0 bridgehead atoms. The third-order valence-electron chi connectivity index (χ3n) is 3.23. The fraction of sp³-hybridized carbons (Fsp3) is 0.294. The molecule has 0 saturated heterocycles. The highest BCUT2D eigenvalue weighted by Crippen LogP contribution is 2.28. The maximum atomic E-state index is 12.4. The lowest BCUT2D eigenvalue weighted by molar-refractivity contribution is -0.274. The van der Waals surface area contributed by atoms with E-state index in [1.165, 1.54) is 19.1 Å². The lowest BCUT2D eigenvalue weighted by Crippen LogP contribution is -2.18. The van der Waals surface area contributed by atoms with Gasteiger partial charge in [-0.1, -0.05) is 12.1 Å². The van der Waals surface area contributed by atoms with Gasteiger partial charge in [0.05, 0.1) is 0 Å². The number of ether oxygens (including phenoxy) is 1. The van der Waals surface area contributed by atoms with Crippen LogP contribution in [-0.4, -0.2) is 36.2 Å². The predicted molar refractivity (Wildman–Crippen MR) is 87.4 cm³/mol. The molecule has 5 nitrogen and oxygen atoms in total. The van der Waals surface area contributed by atoms with Gasteiger partial charge in [-0.05, 0) is 44.3 Å². The minimum atomic E-state index is -4.79. The van der Waals surface area contributed by atoms with Crippen molar-refractivity contribution in [2.24, 2.45) is 0 Å². The molecule has 0 atom stereocenters. The monoisotopic (exact) mass is 353 g/mol. The first-order valence-corrected chi connectivity index (χ1v) is 7.41. The Hall–Kier alpha value is -2.61. The van der Waals surface area contributed by atoms with E-state index in [4.69, 9.17) is 0 Å². The zero-order valence-corrected chi connectivity index (χ0v) is 14.0. The number of carbonyl (C=O) groups is 1. The molecular weight excluding hydrogens is 335 g/mol. The number of halogens is 3. The predicted octanol–water partition coefficient (Wildman–Crippen LogP) is 3.60. The molecule has 0 aliphatic heterocycles. The second-order valence-electron chi connectivity index (χ2n) is 5.77. The summed E-state index contributed by atoms with van der Waals surface area (Å²) >= 11 is 0. The molecular formula is C17H18F3N3O2. The van der Waals surface area contributed by atoms with Crippen LogP contribution in [0.25, 0.3) is 0 Å². The average Bonchev–Trinajstić information content (AvgIpc) is 2.49. The summed E-state index contributed by atoms with van der Waals surface area (Å²) in [6, 6.07) is 7.40. The van der Waals surface area contributed by atoms with Crippen LogP contribution in [0.1, 0.15) is 21.6 Å². The first kappa shape index (κ1) is 18.7. The van der Waals surface area contributed by atoms with Gasteiger partial charge in [0.2, 0.25) is 0 Å². The molecule has 0 radical (unpaired) electrons. The molecule has 1 aromatic carbocycles. The Labute approximate surface area is 143 Å². The van der Waals surface area contributed by atoms with Crippen LogP contribution >= 0.6 is 0 Å². The summed E-state index contributed by atoms with van der Waals surface area (Å²) < 4.78 is 41.1. The number of pyridine rings is 1. The van der Waals surface area contributed by atoms with Crippen molar-refractivity contribution in [3.63, 3.8) is 0 Å². The minimum Gasteiger partial charge on any atom is -0.405 e. The number of carbonyl (C=O) groups excluding carboxylic acids is 1. The Morgan fingerprint density at radius 3 is 2.52 bits per heavy atom. The van der Waals surface area contributed by atoms with Crippen molar-refractivity contribution < 1.29 is 22.7 Å². The summed E-state index contributed by atoms with van der Waals surface area (Å²) in [5, 5.41) is 2.51. The molecule has 8 heteroatoms. The highest BCUT2D eigenvalue weighted by atomic mass is 19.4. The van der Waals surface area contributed by atoms with E-state index in [1.807, 2.05) is 19.0 Å². The number of anilines is 1. The first-order valence-electron chi connectivity index (χ1n) is 7.41. The van der Waals surface area contributed by atoms with Crippen molar-refractivity contribution in [1.29, 1.82) is 0 Å². The van der Waals surface area contributed by atoms with Gasteiger partial charge in [0.1, 0.15) is 11.4 Å². The lowest BCUT2D eigenvalue weighted by Gasteiger charge is -2.13. The Bertz CT molecular complexity index is 744. The summed E-state index contributed by atoms with van der Waals surface area (Å²) in [6.07, 6.45) is -3.21. The van der Waals surface area contributed by atoms with Crippen LogP contribution in [0, 0.1) is 6.92 Å². The summed E-state index contributed by atoms with van der Waals surface area (Å²) in [5.74, 6) is -0.877. The Morgan fingerprint density at radius 2 is 1.96 bits per heavy atom. The first-order chi connectivity index (χ1) is 11.6. The number of benzene rings is 1. The maximum absolute atomic E-state index is 12.4. The van der Waals surface area contributed by atoms with E-state index in [0.29, 0.717) is 12.1 Å². The number of hydrogen-bond donors (Lipinski definition) is 1. The van der Waals surface area contributed by atoms with Crippen LogP contribution in [0.2, 0.25) is 0 Å². The number of rotatable bonds is 5. The van der Waals surface area contributed by atoms with Gasteiger partial charge >= 0.3 is 6.36 Å². The van der Waals surface area contributed by atoms with Crippen LogP contribution in [0.5, 0.6) is 5.75 Å². The number of nitrogens with zero attached hydrogens (tertiary/aromatic N) is 2. The molecule has 2 aromatic rings. The van der Waals surface area contributed by atoms with Gasteiger partial charge in [-0.3, -0.25) is 9.78 Å². The number of aryl methyl sites for hydroxylation is 1. The van der Waals surface area contributed by atoms with Crippen LogP contribution in [-0.2, 0) is 6.54 Å². The summed E-state index contributed by atoms with van der Waals surface area (Å²) in [4.78, 5) is 18.2. The van der Waals surface area contributed by atoms with E-state index in [0.717, 1.165) is 11.6 Å². The van der Waals surface area contributed by atoms with Gasteiger partial charge in [0.25, 0.3) is 5.91 Å². The van der Waals surface area contributed by atoms with E-state index in [1.54, 1.807) is 18.3 Å².